The molecule has 2 rings (SSSR count). The first-order valence-corrected chi connectivity index (χ1v) is 5.28. The molecule has 2 nitrogen and oxygen atoms in total. The van der Waals surface area contributed by atoms with E-state index < -0.39 is 11.7 Å². The van der Waals surface area contributed by atoms with E-state index in [1.165, 1.54) is 6.07 Å². The van der Waals surface area contributed by atoms with Crippen LogP contribution in [-0.2, 0) is 6.18 Å². The summed E-state index contributed by atoms with van der Waals surface area (Å²) in [5, 5.41) is 0. The fraction of sp³-hybridized carbons (Fsp3) is 0.154. The third kappa shape index (κ3) is 2.45. The zero-order valence-electron chi connectivity index (χ0n) is 9.62. The number of aryl methyl sites for hydroxylation is 1. The van der Waals surface area contributed by atoms with Crippen LogP contribution in [0.25, 0.3) is 11.3 Å². The third-order valence-electron chi connectivity index (χ3n) is 2.53. The molecule has 5 heteroatoms. The van der Waals surface area contributed by atoms with Gasteiger partial charge in [-0.3, -0.25) is 4.98 Å². The SMILES string of the molecule is Cc1ccc(N)c(-c2cccc(C(F)(F)F)c2)n1. The Morgan fingerprint density at radius 2 is 1.83 bits per heavy atom. The monoisotopic (exact) mass is 252 g/mol. The van der Waals surface area contributed by atoms with E-state index in [1.54, 1.807) is 25.1 Å². The van der Waals surface area contributed by atoms with E-state index in [2.05, 4.69) is 4.98 Å². The first kappa shape index (κ1) is 12.4. The summed E-state index contributed by atoms with van der Waals surface area (Å²) in [5.74, 6) is 0. The van der Waals surface area contributed by atoms with Crippen molar-refractivity contribution in [1.82, 2.24) is 4.98 Å². The van der Waals surface area contributed by atoms with Crippen LogP contribution < -0.4 is 5.73 Å². The predicted molar refractivity (Wildman–Crippen MR) is 63.8 cm³/mol. The molecule has 1 aromatic heterocycles. The molecule has 0 saturated heterocycles. The van der Waals surface area contributed by atoms with Crippen LogP contribution >= 0.6 is 0 Å². The van der Waals surface area contributed by atoms with Gasteiger partial charge in [0.05, 0.1) is 16.9 Å². The van der Waals surface area contributed by atoms with Gasteiger partial charge in [0.2, 0.25) is 0 Å². The van der Waals surface area contributed by atoms with Gasteiger partial charge in [0.1, 0.15) is 0 Å². The van der Waals surface area contributed by atoms with Gasteiger partial charge in [-0.25, -0.2) is 0 Å². The van der Waals surface area contributed by atoms with Crippen molar-refractivity contribution in [3.63, 3.8) is 0 Å². The molecule has 2 N–H and O–H groups in total. The van der Waals surface area contributed by atoms with Gasteiger partial charge in [-0.1, -0.05) is 12.1 Å². The number of pyridine rings is 1. The van der Waals surface area contributed by atoms with Crippen LogP contribution in [0.5, 0.6) is 0 Å². The summed E-state index contributed by atoms with van der Waals surface area (Å²) in [6, 6.07) is 8.34. The van der Waals surface area contributed by atoms with Crippen LogP contribution in [0.1, 0.15) is 11.3 Å². The van der Waals surface area contributed by atoms with Gasteiger partial charge < -0.3 is 5.73 Å². The van der Waals surface area contributed by atoms with E-state index in [0.717, 1.165) is 12.1 Å². The second kappa shape index (κ2) is 4.33. The maximum absolute atomic E-state index is 12.6. The van der Waals surface area contributed by atoms with Crippen molar-refractivity contribution >= 4 is 5.69 Å². The molecular formula is C13H11F3N2. The lowest BCUT2D eigenvalue weighted by Gasteiger charge is -2.10. The van der Waals surface area contributed by atoms with Gasteiger partial charge in [-0.05, 0) is 31.2 Å². The molecule has 0 aliphatic heterocycles. The number of anilines is 1. The highest BCUT2D eigenvalue weighted by atomic mass is 19.4. The zero-order valence-corrected chi connectivity index (χ0v) is 9.62. The summed E-state index contributed by atoms with van der Waals surface area (Å²) in [5.41, 5.74) is 6.84. The summed E-state index contributed by atoms with van der Waals surface area (Å²) in [4.78, 5) is 4.17. The molecule has 0 spiro atoms. The van der Waals surface area contributed by atoms with Gasteiger partial charge in [-0.15, -0.1) is 0 Å². The largest absolute Gasteiger partial charge is 0.416 e. The van der Waals surface area contributed by atoms with Crippen molar-refractivity contribution in [2.45, 2.75) is 13.1 Å². The fourth-order valence-electron chi connectivity index (χ4n) is 1.64. The molecule has 0 radical (unpaired) electrons. The van der Waals surface area contributed by atoms with Crippen LogP contribution in [0, 0.1) is 6.92 Å². The molecule has 0 fully saturated rings. The number of alkyl halides is 3. The lowest BCUT2D eigenvalue weighted by molar-refractivity contribution is -0.137. The normalized spacial score (nSPS) is 11.6. The molecule has 1 heterocycles. The quantitative estimate of drug-likeness (QED) is 0.841. The topological polar surface area (TPSA) is 38.9 Å². The number of aromatic nitrogens is 1. The lowest BCUT2D eigenvalue weighted by Crippen LogP contribution is -2.05. The van der Waals surface area contributed by atoms with Gasteiger partial charge in [-0.2, -0.15) is 13.2 Å². The Bertz CT molecular complexity index is 577. The van der Waals surface area contributed by atoms with Crippen molar-refractivity contribution in [1.29, 1.82) is 0 Å². The highest BCUT2D eigenvalue weighted by Crippen LogP contribution is 2.33. The molecule has 0 bridgehead atoms. The van der Waals surface area contributed by atoms with Gasteiger partial charge in [0.15, 0.2) is 0 Å². The lowest BCUT2D eigenvalue weighted by atomic mass is 10.1. The Labute approximate surface area is 102 Å². The standard InChI is InChI=1S/C13H11F3N2/c1-8-5-6-11(17)12(18-8)9-3-2-4-10(7-9)13(14,15)16/h2-7H,17H2,1H3. The van der Waals surface area contributed by atoms with Gasteiger partial charge in [0, 0.05) is 11.3 Å². The van der Waals surface area contributed by atoms with E-state index >= 15 is 0 Å². The molecule has 18 heavy (non-hydrogen) atoms. The minimum Gasteiger partial charge on any atom is -0.397 e. The highest BCUT2D eigenvalue weighted by molar-refractivity contribution is 5.73. The van der Waals surface area contributed by atoms with E-state index in [-0.39, 0.29) is 0 Å². The summed E-state index contributed by atoms with van der Waals surface area (Å²) >= 11 is 0. The van der Waals surface area contributed by atoms with E-state index in [0.29, 0.717) is 22.6 Å². The molecule has 0 unspecified atom stereocenters. The highest BCUT2D eigenvalue weighted by Gasteiger charge is 2.30. The van der Waals surface area contributed by atoms with Crippen LogP contribution in [0.3, 0.4) is 0 Å². The summed E-state index contributed by atoms with van der Waals surface area (Å²) in [6.07, 6.45) is -4.37. The molecular weight excluding hydrogens is 241 g/mol. The van der Waals surface area contributed by atoms with Crippen LogP contribution in [-0.4, -0.2) is 4.98 Å². The van der Waals surface area contributed by atoms with Crippen molar-refractivity contribution in [2.75, 3.05) is 5.73 Å². The first-order valence-electron chi connectivity index (χ1n) is 5.28. The number of hydrogen-bond acceptors (Lipinski definition) is 2. The molecule has 1 aromatic carbocycles. The molecule has 0 aliphatic rings. The average molecular weight is 252 g/mol. The number of benzene rings is 1. The van der Waals surface area contributed by atoms with Crippen molar-refractivity contribution in [3.8, 4) is 11.3 Å². The van der Waals surface area contributed by atoms with Crippen LogP contribution in [0.4, 0.5) is 18.9 Å². The first-order chi connectivity index (χ1) is 8.38. The van der Waals surface area contributed by atoms with Crippen molar-refractivity contribution in [3.05, 3.63) is 47.7 Å². The second-order valence-electron chi connectivity index (χ2n) is 3.97. The Balaban J connectivity index is 2.55. The number of halogens is 3. The molecule has 2 aromatic rings. The number of rotatable bonds is 1. The second-order valence-corrected chi connectivity index (χ2v) is 3.97. The molecule has 0 atom stereocenters. The summed E-state index contributed by atoms with van der Waals surface area (Å²) < 4.78 is 37.8. The third-order valence-corrected chi connectivity index (χ3v) is 2.53. The van der Waals surface area contributed by atoms with E-state index in [4.69, 9.17) is 5.73 Å². The predicted octanol–water partition coefficient (Wildman–Crippen LogP) is 3.66. The zero-order chi connectivity index (χ0) is 13.3. The molecule has 0 saturated carbocycles. The molecule has 0 amide bonds. The van der Waals surface area contributed by atoms with E-state index in [1.807, 2.05) is 0 Å². The Morgan fingerprint density at radius 1 is 1.11 bits per heavy atom. The number of nitrogen functional groups attached to an aromatic ring is 1. The Hall–Kier alpha value is -2.04. The smallest absolute Gasteiger partial charge is 0.397 e. The minimum absolute atomic E-state index is 0.361. The molecule has 0 aliphatic carbocycles. The fourth-order valence-corrected chi connectivity index (χ4v) is 1.64. The van der Waals surface area contributed by atoms with Crippen LogP contribution in [0.15, 0.2) is 36.4 Å². The number of nitrogens with two attached hydrogens (primary N) is 1. The van der Waals surface area contributed by atoms with Gasteiger partial charge in [0.25, 0.3) is 0 Å². The maximum atomic E-state index is 12.6. The Kier molecular flexibility index (Phi) is 2.98. The maximum Gasteiger partial charge on any atom is 0.416 e. The minimum atomic E-state index is -4.37. The average Bonchev–Trinajstić information content (AvgIpc) is 2.31. The number of nitrogens with zero attached hydrogens (tertiary/aromatic N) is 1. The van der Waals surface area contributed by atoms with Crippen molar-refractivity contribution in [2.24, 2.45) is 0 Å². The Morgan fingerprint density at radius 3 is 2.50 bits per heavy atom. The number of hydrogen-bond donors (Lipinski definition) is 1. The summed E-state index contributed by atoms with van der Waals surface area (Å²) in [6.45, 7) is 1.76. The molecule has 94 valence electrons. The summed E-state index contributed by atoms with van der Waals surface area (Å²) in [7, 11) is 0. The van der Waals surface area contributed by atoms with Gasteiger partial charge >= 0.3 is 6.18 Å². The van der Waals surface area contributed by atoms with Crippen LogP contribution in [0.2, 0.25) is 0 Å². The van der Waals surface area contributed by atoms with Crippen molar-refractivity contribution < 1.29 is 13.2 Å². The van der Waals surface area contributed by atoms with E-state index in [9.17, 15) is 13.2 Å².